The van der Waals surface area contributed by atoms with Crippen LogP contribution in [0.15, 0.2) is 48.5 Å². The summed E-state index contributed by atoms with van der Waals surface area (Å²) >= 11 is 0. The largest absolute Gasteiger partial charge is 0.349 e. The molecule has 4 rings (SSSR count). The highest BCUT2D eigenvalue weighted by atomic mass is 19.1. The zero-order valence-corrected chi connectivity index (χ0v) is 15.0. The number of hydrogen-bond donors (Lipinski definition) is 2. The van der Waals surface area contributed by atoms with Gasteiger partial charge in [-0.25, -0.2) is 9.18 Å². The Morgan fingerprint density at radius 3 is 2.33 bits per heavy atom. The fourth-order valence-corrected chi connectivity index (χ4v) is 2.96. The van der Waals surface area contributed by atoms with E-state index in [0.29, 0.717) is 18.2 Å². The fraction of sp³-hybridized carbons (Fsp3) is 0.333. The van der Waals surface area contributed by atoms with Crippen molar-refractivity contribution in [3.8, 4) is 0 Å². The van der Waals surface area contributed by atoms with Gasteiger partial charge in [-0.15, -0.1) is 0 Å². The summed E-state index contributed by atoms with van der Waals surface area (Å²) in [4.78, 5) is 26.4. The summed E-state index contributed by atoms with van der Waals surface area (Å²) in [6.45, 7) is 0.426. The van der Waals surface area contributed by atoms with Gasteiger partial charge in [-0.3, -0.25) is 4.79 Å². The molecule has 0 aliphatic heterocycles. The topological polar surface area (TPSA) is 61.4 Å². The molecule has 2 aliphatic carbocycles. The minimum Gasteiger partial charge on any atom is -0.349 e. The van der Waals surface area contributed by atoms with Crippen LogP contribution in [0.5, 0.6) is 0 Å². The highest BCUT2D eigenvalue weighted by molar-refractivity contribution is 5.94. The summed E-state index contributed by atoms with van der Waals surface area (Å²) in [5.41, 5.74) is 1.74. The average Bonchev–Trinajstić information content (AvgIpc) is 3.57. The highest BCUT2D eigenvalue weighted by Gasteiger charge is 2.33. The second-order valence-electron chi connectivity index (χ2n) is 7.21. The number of nitrogens with one attached hydrogen (secondary N) is 2. The van der Waals surface area contributed by atoms with Gasteiger partial charge in [0.2, 0.25) is 0 Å². The van der Waals surface area contributed by atoms with Crippen LogP contribution in [0.3, 0.4) is 0 Å². The van der Waals surface area contributed by atoms with Gasteiger partial charge >= 0.3 is 6.03 Å². The Balaban J connectivity index is 1.41. The third-order valence-electron chi connectivity index (χ3n) is 4.85. The van der Waals surface area contributed by atoms with Crippen molar-refractivity contribution in [2.75, 3.05) is 5.32 Å². The Bertz CT molecular complexity index is 845. The number of benzene rings is 2. The van der Waals surface area contributed by atoms with Crippen LogP contribution in [0.2, 0.25) is 0 Å². The lowest BCUT2D eigenvalue weighted by Gasteiger charge is -2.23. The predicted octanol–water partition coefficient (Wildman–Crippen LogP) is 3.91. The second kappa shape index (κ2) is 7.39. The molecule has 0 saturated heterocycles. The molecular weight excluding hydrogens is 345 g/mol. The summed E-state index contributed by atoms with van der Waals surface area (Å²) in [5.74, 6) is -0.506. The number of anilines is 1. The fourth-order valence-electron chi connectivity index (χ4n) is 2.96. The lowest BCUT2D eigenvalue weighted by Crippen LogP contribution is -2.36. The first-order valence-corrected chi connectivity index (χ1v) is 9.32. The highest BCUT2D eigenvalue weighted by Crippen LogP contribution is 2.29. The van der Waals surface area contributed by atoms with Gasteiger partial charge in [-0.2, -0.15) is 0 Å². The minimum atomic E-state index is -0.451. The Kier molecular flexibility index (Phi) is 4.79. The van der Waals surface area contributed by atoms with Crippen LogP contribution in [0, 0.1) is 5.82 Å². The van der Waals surface area contributed by atoms with Crippen molar-refractivity contribution in [3.05, 3.63) is 65.5 Å². The van der Waals surface area contributed by atoms with Gasteiger partial charge < -0.3 is 15.5 Å². The summed E-state index contributed by atoms with van der Waals surface area (Å²) in [5, 5.41) is 5.62. The molecule has 0 heterocycles. The van der Waals surface area contributed by atoms with E-state index < -0.39 is 5.82 Å². The third-order valence-corrected chi connectivity index (χ3v) is 4.85. The number of urea groups is 1. The molecule has 3 amide bonds. The van der Waals surface area contributed by atoms with E-state index in [-0.39, 0.29) is 23.7 Å². The van der Waals surface area contributed by atoms with E-state index in [1.807, 2.05) is 12.1 Å². The van der Waals surface area contributed by atoms with E-state index in [1.165, 1.54) is 6.07 Å². The molecule has 0 atom stereocenters. The summed E-state index contributed by atoms with van der Waals surface area (Å²) in [6, 6.07) is 13.6. The summed E-state index contributed by atoms with van der Waals surface area (Å²) in [6.07, 6.45) is 4.01. The van der Waals surface area contributed by atoms with E-state index in [4.69, 9.17) is 0 Å². The predicted molar refractivity (Wildman–Crippen MR) is 101 cm³/mol. The Labute approximate surface area is 157 Å². The molecule has 0 unspecified atom stereocenters. The average molecular weight is 367 g/mol. The molecule has 0 bridgehead atoms. The number of carbonyl (C=O) groups excluding carboxylic acids is 2. The molecule has 2 N–H and O–H groups in total. The van der Waals surface area contributed by atoms with E-state index in [0.717, 1.165) is 31.2 Å². The first-order chi connectivity index (χ1) is 13.1. The molecular formula is C21H22FN3O2. The molecule has 0 radical (unpaired) electrons. The SMILES string of the molecule is O=C(NC1CC1)c1ccc(CN(C(=O)Nc2ccccc2F)C2CC2)cc1. The number of amides is 3. The molecule has 2 fully saturated rings. The molecule has 5 nitrogen and oxygen atoms in total. The van der Waals surface area contributed by atoms with Gasteiger partial charge in [-0.05, 0) is 55.5 Å². The maximum atomic E-state index is 13.8. The van der Waals surface area contributed by atoms with E-state index in [2.05, 4.69) is 10.6 Å². The number of para-hydroxylation sites is 1. The molecule has 140 valence electrons. The molecule has 2 saturated carbocycles. The molecule has 6 heteroatoms. The van der Waals surface area contributed by atoms with Crippen molar-refractivity contribution in [3.63, 3.8) is 0 Å². The molecule has 0 aromatic heterocycles. The van der Waals surface area contributed by atoms with Crippen LogP contribution in [0.25, 0.3) is 0 Å². The normalized spacial score (nSPS) is 15.9. The quantitative estimate of drug-likeness (QED) is 0.813. The van der Waals surface area contributed by atoms with Gasteiger partial charge in [0.25, 0.3) is 5.91 Å². The van der Waals surface area contributed by atoms with Crippen LogP contribution in [-0.2, 0) is 6.54 Å². The zero-order valence-electron chi connectivity index (χ0n) is 15.0. The molecule has 2 aliphatic rings. The Hall–Kier alpha value is -2.89. The van der Waals surface area contributed by atoms with E-state index >= 15 is 0 Å². The smallest absolute Gasteiger partial charge is 0.322 e. The third kappa shape index (κ3) is 4.45. The van der Waals surface area contributed by atoms with Crippen molar-refractivity contribution in [1.29, 1.82) is 0 Å². The van der Waals surface area contributed by atoms with Crippen LogP contribution in [-0.4, -0.2) is 28.9 Å². The van der Waals surface area contributed by atoms with Crippen LogP contribution in [0.4, 0.5) is 14.9 Å². The second-order valence-corrected chi connectivity index (χ2v) is 7.21. The van der Waals surface area contributed by atoms with Gasteiger partial charge in [0.15, 0.2) is 0 Å². The van der Waals surface area contributed by atoms with Crippen LogP contribution >= 0.6 is 0 Å². The Morgan fingerprint density at radius 2 is 1.70 bits per heavy atom. The molecule has 27 heavy (non-hydrogen) atoms. The minimum absolute atomic E-state index is 0.0552. The number of nitrogens with zero attached hydrogens (tertiary/aromatic N) is 1. The summed E-state index contributed by atoms with van der Waals surface area (Å²) in [7, 11) is 0. The van der Waals surface area contributed by atoms with Gasteiger partial charge in [0.05, 0.1) is 5.69 Å². The van der Waals surface area contributed by atoms with E-state index in [1.54, 1.807) is 35.2 Å². The van der Waals surface area contributed by atoms with Crippen molar-refractivity contribution < 1.29 is 14.0 Å². The van der Waals surface area contributed by atoms with Crippen LogP contribution < -0.4 is 10.6 Å². The number of hydrogen-bond acceptors (Lipinski definition) is 2. The molecule has 2 aromatic rings. The summed E-state index contributed by atoms with van der Waals surface area (Å²) < 4.78 is 13.8. The van der Waals surface area contributed by atoms with Gasteiger partial charge in [0, 0.05) is 24.2 Å². The first kappa shape index (κ1) is 17.5. The number of carbonyl (C=O) groups is 2. The standard InChI is InChI=1S/C21H22FN3O2/c22-18-3-1-2-4-19(18)24-21(27)25(17-11-12-17)13-14-5-7-15(8-6-14)20(26)23-16-9-10-16/h1-8,16-17H,9-13H2,(H,23,26)(H,24,27). The lowest BCUT2D eigenvalue weighted by molar-refractivity contribution is 0.0951. The number of halogens is 1. The Morgan fingerprint density at radius 1 is 1.00 bits per heavy atom. The monoisotopic (exact) mass is 367 g/mol. The lowest BCUT2D eigenvalue weighted by atomic mass is 10.1. The van der Waals surface area contributed by atoms with Crippen LogP contribution in [0.1, 0.15) is 41.6 Å². The maximum Gasteiger partial charge on any atom is 0.322 e. The molecule has 0 spiro atoms. The zero-order chi connectivity index (χ0) is 18.8. The van der Waals surface area contributed by atoms with Gasteiger partial charge in [-0.1, -0.05) is 24.3 Å². The molecule has 2 aromatic carbocycles. The van der Waals surface area contributed by atoms with Gasteiger partial charge in [0.1, 0.15) is 5.82 Å². The van der Waals surface area contributed by atoms with Crippen molar-refractivity contribution >= 4 is 17.6 Å². The maximum absolute atomic E-state index is 13.8. The first-order valence-electron chi connectivity index (χ1n) is 9.32. The van der Waals surface area contributed by atoms with Crippen molar-refractivity contribution in [2.24, 2.45) is 0 Å². The van der Waals surface area contributed by atoms with Crippen molar-refractivity contribution in [1.82, 2.24) is 10.2 Å². The number of rotatable bonds is 6. The van der Waals surface area contributed by atoms with Crippen molar-refractivity contribution in [2.45, 2.75) is 44.3 Å². The van der Waals surface area contributed by atoms with E-state index in [9.17, 15) is 14.0 Å².